The van der Waals surface area contributed by atoms with Crippen molar-refractivity contribution in [1.82, 2.24) is 4.90 Å². The first kappa shape index (κ1) is 20.0. The van der Waals surface area contributed by atoms with Gasteiger partial charge < -0.3 is 23.8 Å². The number of carbonyl (C=O) groups is 1. The van der Waals surface area contributed by atoms with Crippen molar-refractivity contribution in [2.75, 3.05) is 40.0 Å². The maximum Gasteiger partial charge on any atom is 0.246 e. The van der Waals surface area contributed by atoms with Crippen LogP contribution in [-0.2, 0) is 14.3 Å². The molecule has 0 radical (unpaired) electrons. The zero-order valence-corrected chi connectivity index (χ0v) is 16.5. The van der Waals surface area contributed by atoms with E-state index in [4.69, 9.17) is 30.5 Å². The molecule has 2 saturated heterocycles. The molecule has 0 spiro atoms. The molecule has 148 valence electrons. The first-order chi connectivity index (χ1) is 13.1. The van der Waals surface area contributed by atoms with Crippen LogP contribution in [0.5, 0.6) is 11.5 Å². The topological polar surface area (TPSA) is 57.2 Å². The number of benzene rings is 1. The van der Waals surface area contributed by atoms with Gasteiger partial charge in [0.15, 0.2) is 17.8 Å². The van der Waals surface area contributed by atoms with E-state index in [9.17, 15) is 4.79 Å². The zero-order valence-electron chi connectivity index (χ0n) is 15.8. The van der Waals surface area contributed by atoms with Gasteiger partial charge in [-0.25, -0.2) is 0 Å². The van der Waals surface area contributed by atoms with Crippen LogP contribution in [0.1, 0.15) is 25.3 Å². The van der Waals surface area contributed by atoms with E-state index in [1.54, 1.807) is 25.3 Å². The van der Waals surface area contributed by atoms with E-state index < -0.39 is 0 Å². The highest BCUT2D eigenvalue weighted by Gasteiger charge is 2.31. The Morgan fingerprint density at radius 3 is 2.63 bits per heavy atom. The number of ether oxygens (including phenoxy) is 4. The molecule has 1 aromatic rings. The smallest absolute Gasteiger partial charge is 0.246 e. The lowest BCUT2D eigenvalue weighted by atomic mass is 9.96. The van der Waals surface area contributed by atoms with Gasteiger partial charge in [0.2, 0.25) is 5.91 Å². The second-order valence-electron chi connectivity index (χ2n) is 6.57. The Kier molecular flexibility index (Phi) is 6.99. The fourth-order valence-electron chi connectivity index (χ4n) is 3.43. The average Bonchev–Trinajstić information content (AvgIpc) is 3.23. The number of nitrogens with zero attached hydrogens (tertiary/aromatic N) is 1. The number of carbonyl (C=O) groups excluding carboxylic acids is 1. The van der Waals surface area contributed by atoms with Gasteiger partial charge in [-0.2, -0.15) is 0 Å². The number of methoxy groups -OCH3 is 1. The largest absolute Gasteiger partial charge is 0.493 e. The number of likely N-dealkylation sites (tertiary alicyclic amines) is 1. The van der Waals surface area contributed by atoms with Gasteiger partial charge >= 0.3 is 0 Å². The summed E-state index contributed by atoms with van der Waals surface area (Å²) in [5.41, 5.74) is 0.788. The van der Waals surface area contributed by atoms with Crippen molar-refractivity contribution < 1.29 is 23.7 Å². The van der Waals surface area contributed by atoms with Gasteiger partial charge in [-0.15, -0.1) is 0 Å². The summed E-state index contributed by atoms with van der Waals surface area (Å²) in [4.78, 5) is 14.4. The molecular weight excluding hydrogens is 370 g/mol. The minimum atomic E-state index is -0.101. The van der Waals surface area contributed by atoms with Gasteiger partial charge in [0, 0.05) is 25.1 Å². The minimum absolute atomic E-state index is 0.00863. The number of hydrogen-bond acceptors (Lipinski definition) is 5. The second kappa shape index (κ2) is 9.44. The van der Waals surface area contributed by atoms with Crippen molar-refractivity contribution in [2.24, 2.45) is 5.92 Å². The molecule has 0 aromatic heterocycles. The van der Waals surface area contributed by atoms with Gasteiger partial charge in [-0.3, -0.25) is 4.79 Å². The molecule has 0 bridgehead atoms. The average molecular weight is 396 g/mol. The molecule has 0 unspecified atom stereocenters. The molecule has 2 fully saturated rings. The number of hydrogen-bond donors (Lipinski definition) is 0. The Balaban J connectivity index is 1.59. The molecule has 0 saturated carbocycles. The SMILES string of the molecule is CCOc1c(Cl)cc(/C=C/C(=O)N2CCC(C3OCCO3)CC2)cc1OC. The van der Waals surface area contributed by atoms with Crippen LogP contribution in [-0.4, -0.2) is 57.1 Å². The van der Waals surface area contributed by atoms with E-state index in [2.05, 4.69) is 0 Å². The van der Waals surface area contributed by atoms with Crippen LogP contribution in [0.15, 0.2) is 18.2 Å². The predicted octanol–water partition coefficient (Wildman–Crippen LogP) is 3.37. The maximum atomic E-state index is 12.5. The highest BCUT2D eigenvalue weighted by atomic mass is 35.5. The van der Waals surface area contributed by atoms with Crippen LogP contribution in [0.3, 0.4) is 0 Å². The molecule has 2 aliphatic heterocycles. The summed E-state index contributed by atoms with van der Waals surface area (Å²) in [6.45, 7) is 5.14. The number of amides is 1. The highest BCUT2D eigenvalue weighted by molar-refractivity contribution is 6.32. The van der Waals surface area contributed by atoms with Crippen molar-refractivity contribution in [3.63, 3.8) is 0 Å². The van der Waals surface area contributed by atoms with Crippen LogP contribution < -0.4 is 9.47 Å². The quantitative estimate of drug-likeness (QED) is 0.691. The van der Waals surface area contributed by atoms with E-state index in [0.29, 0.717) is 55.3 Å². The lowest BCUT2D eigenvalue weighted by Gasteiger charge is -2.33. The van der Waals surface area contributed by atoms with Gasteiger partial charge in [0.25, 0.3) is 0 Å². The lowest BCUT2D eigenvalue weighted by Crippen LogP contribution is -2.40. The summed E-state index contributed by atoms with van der Waals surface area (Å²) in [5.74, 6) is 1.43. The third-order valence-electron chi connectivity index (χ3n) is 4.84. The first-order valence-corrected chi connectivity index (χ1v) is 9.70. The molecule has 27 heavy (non-hydrogen) atoms. The summed E-state index contributed by atoms with van der Waals surface area (Å²) in [5, 5.41) is 0.459. The second-order valence-corrected chi connectivity index (χ2v) is 6.98. The Labute approximate surface area is 165 Å². The van der Waals surface area contributed by atoms with E-state index in [-0.39, 0.29) is 12.2 Å². The van der Waals surface area contributed by atoms with E-state index in [1.807, 2.05) is 17.9 Å². The molecule has 1 aromatic carbocycles. The molecule has 0 aliphatic carbocycles. The summed E-state index contributed by atoms with van der Waals surface area (Å²) < 4.78 is 22.0. The van der Waals surface area contributed by atoms with Gasteiger partial charge in [0.05, 0.1) is 32.0 Å². The monoisotopic (exact) mass is 395 g/mol. The van der Waals surface area contributed by atoms with Crippen molar-refractivity contribution in [3.05, 3.63) is 28.8 Å². The zero-order chi connectivity index (χ0) is 19.2. The Morgan fingerprint density at radius 2 is 2.00 bits per heavy atom. The van der Waals surface area contributed by atoms with Crippen molar-refractivity contribution in [1.29, 1.82) is 0 Å². The van der Waals surface area contributed by atoms with Crippen LogP contribution in [0.25, 0.3) is 6.08 Å². The molecule has 0 atom stereocenters. The fourth-order valence-corrected chi connectivity index (χ4v) is 3.71. The summed E-state index contributed by atoms with van der Waals surface area (Å²) in [7, 11) is 1.56. The van der Waals surface area contributed by atoms with Gasteiger partial charge in [-0.05, 0) is 43.5 Å². The molecule has 3 rings (SSSR count). The van der Waals surface area contributed by atoms with Crippen molar-refractivity contribution in [3.8, 4) is 11.5 Å². The Hall–Kier alpha value is -1.76. The van der Waals surface area contributed by atoms with Crippen LogP contribution in [0.4, 0.5) is 0 Å². The first-order valence-electron chi connectivity index (χ1n) is 9.33. The van der Waals surface area contributed by atoms with E-state index in [0.717, 1.165) is 18.4 Å². The number of halogens is 1. The molecule has 2 aliphatic rings. The van der Waals surface area contributed by atoms with E-state index in [1.165, 1.54) is 0 Å². The highest BCUT2D eigenvalue weighted by Crippen LogP contribution is 2.36. The molecule has 2 heterocycles. The third kappa shape index (κ3) is 4.94. The fraction of sp³-hybridized carbons (Fsp3) is 0.550. The van der Waals surface area contributed by atoms with Crippen LogP contribution >= 0.6 is 11.6 Å². The summed E-state index contributed by atoms with van der Waals surface area (Å²) >= 11 is 6.28. The van der Waals surface area contributed by atoms with E-state index >= 15 is 0 Å². The number of piperidine rings is 1. The third-order valence-corrected chi connectivity index (χ3v) is 5.12. The maximum absolute atomic E-state index is 12.5. The normalized spacial score (nSPS) is 19.0. The summed E-state index contributed by atoms with van der Waals surface area (Å²) in [6.07, 6.45) is 5.02. The minimum Gasteiger partial charge on any atom is -0.493 e. The van der Waals surface area contributed by atoms with Crippen LogP contribution in [0, 0.1) is 5.92 Å². The van der Waals surface area contributed by atoms with Crippen molar-refractivity contribution >= 4 is 23.6 Å². The standard InChI is InChI=1S/C20H26ClNO5/c1-3-25-19-16(21)12-14(13-17(19)24-2)4-5-18(23)22-8-6-15(7-9-22)20-26-10-11-27-20/h4-5,12-13,15,20H,3,6-11H2,1-2H3/b5-4+. The Bertz CT molecular complexity index is 679. The number of rotatable bonds is 6. The molecule has 6 nitrogen and oxygen atoms in total. The van der Waals surface area contributed by atoms with Crippen molar-refractivity contribution in [2.45, 2.75) is 26.1 Å². The molecule has 0 N–H and O–H groups in total. The molecule has 1 amide bonds. The lowest BCUT2D eigenvalue weighted by molar-refractivity contribution is -0.131. The predicted molar refractivity (Wildman–Crippen MR) is 103 cm³/mol. The van der Waals surface area contributed by atoms with Crippen LogP contribution in [0.2, 0.25) is 5.02 Å². The van der Waals surface area contributed by atoms with Gasteiger partial charge in [0.1, 0.15) is 0 Å². The summed E-state index contributed by atoms with van der Waals surface area (Å²) in [6, 6.07) is 3.57. The van der Waals surface area contributed by atoms with Gasteiger partial charge in [-0.1, -0.05) is 11.6 Å². The molecule has 7 heteroatoms. The molecular formula is C20H26ClNO5. The Morgan fingerprint density at radius 1 is 1.30 bits per heavy atom.